The molecule has 1 aliphatic rings. The van der Waals surface area contributed by atoms with Gasteiger partial charge in [0.2, 0.25) is 0 Å². The Bertz CT molecular complexity index is 307. The normalized spacial score (nSPS) is 20.8. The molecular weight excluding hydrogens is 214 g/mol. The number of rotatable bonds is 4. The van der Waals surface area contributed by atoms with Crippen molar-refractivity contribution in [2.24, 2.45) is 5.92 Å². The van der Waals surface area contributed by atoms with Gasteiger partial charge in [0.15, 0.2) is 0 Å². The van der Waals surface area contributed by atoms with E-state index in [9.17, 15) is 4.79 Å². The van der Waals surface area contributed by atoms with Crippen LogP contribution in [-0.2, 0) is 4.74 Å². The highest BCUT2D eigenvalue weighted by Crippen LogP contribution is 2.24. The van der Waals surface area contributed by atoms with Crippen LogP contribution in [0.4, 0.5) is 4.79 Å². The van der Waals surface area contributed by atoms with Crippen molar-refractivity contribution in [2.45, 2.75) is 39.7 Å². The van der Waals surface area contributed by atoms with Gasteiger partial charge in [0.1, 0.15) is 6.61 Å². The zero-order valence-corrected chi connectivity index (χ0v) is 11.1. The molecule has 3 heteroatoms. The second-order valence-electron chi connectivity index (χ2n) is 4.77. The van der Waals surface area contributed by atoms with E-state index in [-0.39, 0.29) is 6.09 Å². The number of nitrogens with zero attached hydrogens (tertiary/aromatic N) is 1. The lowest BCUT2D eigenvalue weighted by atomic mass is 10.0. The van der Waals surface area contributed by atoms with Crippen LogP contribution in [0.15, 0.2) is 24.3 Å². The Balaban J connectivity index is 2.50. The number of hydrogen-bond donors (Lipinski definition) is 0. The first kappa shape index (κ1) is 13.8. The van der Waals surface area contributed by atoms with E-state index in [1.54, 1.807) is 6.08 Å². The van der Waals surface area contributed by atoms with Crippen molar-refractivity contribution in [1.29, 1.82) is 0 Å². The molecule has 0 radical (unpaired) electrons. The van der Waals surface area contributed by atoms with Gasteiger partial charge in [0.05, 0.1) is 0 Å². The first-order valence-corrected chi connectivity index (χ1v) is 6.31. The van der Waals surface area contributed by atoms with Gasteiger partial charge in [-0.3, -0.25) is 0 Å². The lowest BCUT2D eigenvalue weighted by molar-refractivity contribution is 0.0981. The van der Waals surface area contributed by atoms with Crippen LogP contribution in [0.3, 0.4) is 0 Å². The van der Waals surface area contributed by atoms with Gasteiger partial charge in [-0.1, -0.05) is 32.6 Å². The molecule has 0 aliphatic carbocycles. The van der Waals surface area contributed by atoms with Gasteiger partial charge in [-0.25, -0.2) is 4.79 Å². The van der Waals surface area contributed by atoms with Crippen molar-refractivity contribution >= 4 is 6.09 Å². The molecule has 1 heterocycles. The summed E-state index contributed by atoms with van der Waals surface area (Å²) in [6.45, 7) is 11.0. The Labute approximate surface area is 104 Å². The summed E-state index contributed by atoms with van der Waals surface area (Å²) in [5, 5.41) is 0. The highest BCUT2D eigenvalue weighted by Gasteiger charge is 2.31. The summed E-state index contributed by atoms with van der Waals surface area (Å²) in [6.07, 6.45) is 5.60. The molecule has 0 aromatic carbocycles. The van der Waals surface area contributed by atoms with Crippen LogP contribution in [0.25, 0.3) is 0 Å². The van der Waals surface area contributed by atoms with Gasteiger partial charge in [-0.15, -0.1) is 0 Å². The smallest absolute Gasteiger partial charge is 0.410 e. The molecule has 0 spiro atoms. The molecule has 96 valence electrons. The highest BCUT2D eigenvalue weighted by molar-refractivity contribution is 5.68. The lowest BCUT2D eigenvalue weighted by Crippen LogP contribution is -2.39. The van der Waals surface area contributed by atoms with Crippen molar-refractivity contribution in [2.75, 3.05) is 13.2 Å². The van der Waals surface area contributed by atoms with Gasteiger partial charge in [0.25, 0.3) is 0 Å². The average Bonchev–Trinajstić information content (AvgIpc) is 2.79. The van der Waals surface area contributed by atoms with Crippen molar-refractivity contribution < 1.29 is 9.53 Å². The molecule has 0 aromatic rings. The van der Waals surface area contributed by atoms with Gasteiger partial charge in [-0.2, -0.15) is 0 Å². The van der Waals surface area contributed by atoms with E-state index < -0.39 is 0 Å². The van der Waals surface area contributed by atoms with Crippen molar-refractivity contribution in [3.63, 3.8) is 0 Å². The molecule has 1 aliphatic heterocycles. The molecule has 1 unspecified atom stereocenters. The Morgan fingerprint density at radius 2 is 2.29 bits per heavy atom. The summed E-state index contributed by atoms with van der Waals surface area (Å²) in [4.78, 5) is 13.8. The summed E-state index contributed by atoms with van der Waals surface area (Å²) in [5.41, 5.74) is 0.943. The standard InChI is InChI=1S/C14H23NO2/c1-5-12(6-2)10-17-14(16)15-9-7-8-13(15)11(3)4/h5-6,11,13H,1,7-10H2,2-4H3. The fourth-order valence-electron chi connectivity index (χ4n) is 2.20. The topological polar surface area (TPSA) is 29.5 Å². The maximum Gasteiger partial charge on any atom is 0.410 e. The van der Waals surface area contributed by atoms with E-state index in [2.05, 4.69) is 20.4 Å². The minimum absolute atomic E-state index is 0.192. The maximum atomic E-state index is 11.9. The molecular formula is C14H23NO2. The molecule has 0 bridgehead atoms. The fourth-order valence-corrected chi connectivity index (χ4v) is 2.20. The first-order valence-electron chi connectivity index (χ1n) is 6.31. The molecule has 1 atom stereocenters. The van der Waals surface area contributed by atoms with E-state index in [4.69, 9.17) is 4.74 Å². The number of allylic oxidation sites excluding steroid dienone is 1. The zero-order valence-electron chi connectivity index (χ0n) is 11.1. The third kappa shape index (κ3) is 3.62. The van der Waals surface area contributed by atoms with Crippen LogP contribution in [-0.4, -0.2) is 30.2 Å². The molecule has 17 heavy (non-hydrogen) atoms. The highest BCUT2D eigenvalue weighted by atomic mass is 16.6. The number of ether oxygens (including phenoxy) is 1. The molecule has 0 saturated carbocycles. The lowest BCUT2D eigenvalue weighted by Gasteiger charge is -2.26. The molecule has 1 rings (SSSR count). The second-order valence-corrected chi connectivity index (χ2v) is 4.77. The van der Waals surface area contributed by atoms with Crippen LogP contribution in [0.5, 0.6) is 0 Å². The van der Waals surface area contributed by atoms with Gasteiger partial charge >= 0.3 is 6.09 Å². The largest absolute Gasteiger partial charge is 0.445 e. The quantitative estimate of drug-likeness (QED) is 0.701. The van der Waals surface area contributed by atoms with Crippen LogP contribution >= 0.6 is 0 Å². The maximum absolute atomic E-state index is 11.9. The summed E-state index contributed by atoms with van der Waals surface area (Å²) >= 11 is 0. The molecule has 3 nitrogen and oxygen atoms in total. The van der Waals surface area contributed by atoms with E-state index >= 15 is 0 Å². The van der Waals surface area contributed by atoms with Gasteiger partial charge in [-0.05, 0) is 31.3 Å². The van der Waals surface area contributed by atoms with Crippen molar-refractivity contribution in [3.8, 4) is 0 Å². The fraction of sp³-hybridized carbons (Fsp3) is 0.643. The molecule has 0 N–H and O–H groups in total. The molecule has 1 saturated heterocycles. The van der Waals surface area contributed by atoms with Crippen LogP contribution in [0, 0.1) is 5.92 Å². The second kappa shape index (κ2) is 6.48. The summed E-state index contributed by atoms with van der Waals surface area (Å²) < 4.78 is 5.30. The minimum Gasteiger partial charge on any atom is -0.445 e. The summed E-state index contributed by atoms with van der Waals surface area (Å²) in [6, 6.07) is 0.334. The van der Waals surface area contributed by atoms with E-state index in [1.807, 2.05) is 17.9 Å². The van der Waals surface area contributed by atoms with E-state index in [1.165, 1.54) is 0 Å². The SMILES string of the molecule is C=CC(=CC)COC(=O)N1CCCC1C(C)C. The molecule has 1 amide bonds. The van der Waals surface area contributed by atoms with Gasteiger partial charge in [0, 0.05) is 12.6 Å². The first-order chi connectivity index (χ1) is 8.10. The molecule has 1 fully saturated rings. The third-order valence-corrected chi connectivity index (χ3v) is 3.30. The average molecular weight is 237 g/mol. The monoisotopic (exact) mass is 237 g/mol. The Kier molecular flexibility index (Phi) is 5.26. The number of carbonyl (C=O) groups is 1. The van der Waals surface area contributed by atoms with E-state index in [0.717, 1.165) is 25.0 Å². The number of likely N-dealkylation sites (tertiary alicyclic amines) is 1. The zero-order chi connectivity index (χ0) is 12.8. The predicted octanol–water partition coefficient (Wildman–Crippen LogP) is 3.38. The van der Waals surface area contributed by atoms with E-state index in [0.29, 0.717) is 18.6 Å². The summed E-state index contributed by atoms with van der Waals surface area (Å²) in [7, 11) is 0. The van der Waals surface area contributed by atoms with Gasteiger partial charge < -0.3 is 9.64 Å². The minimum atomic E-state index is -0.192. The number of hydrogen-bond acceptors (Lipinski definition) is 2. The number of amides is 1. The number of carbonyl (C=O) groups excluding carboxylic acids is 1. The predicted molar refractivity (Wildman–Crippen MR) is 69.9 cm³/mol. The van der Waals surface area contributed by atoms with Crippen LogP contribution in [0.2, 0.25) is 0 Å². The van der Waals surface area contributed by atoms with Crippen molar-refractivity contribution in [3.05, 3.63) is 24.3 Å². The molecule has 0 aromatic heterocycles. The van der Waals surface area contributed by atoms with Crippen molar-refractivity contribution in [1.82, 2.24) is 4.90 Å². The third-order valence-electron chi connectivity index (χ3n) is 3.30. The van der Waals surface area contributed by atoms with Crippen LogP contribution < -0.4 is 0 Å². The van der Waals surface area contributed by atoms with Crippen LogP contribution in [0.1, 0.15) is 33.6 Å². The summed E-state index contributed by atoms with van der Waals surface area (Å²) in [5.74, 6) is 0.491. The Morgan fingerprint density at radius 1 is 1.59 bits per heavy atom. The Hall–Kier alpha value is -1.25. The Morgan fingerprint density at radius 3 is 2.82 bits per heavy atom.